The Morgan fingerprint density at radius 3 is 3.12 bits per heavy atom. The second kappa shape index (κ2) is 8.36. The van der Waals surface area contributed by atoms with Gasteiger partial charge in [0.25, 0.3) is 0 Å². The molecule has 136 valence electrons. The lowest BCUT2D eigenvalue weighted by molar-refractivity contribution is -0.121. The van der Waals surface area contributed by atoms with Crippen molar-refractivity contribution >= 4 is 11.9 Å². The van der Waals surface area contributed by atoms with E-state index in [0.29, 0.717) is 36.7 Å². The summed E-state index contributed by atoms with van der Waals surface area (Å²) in [6, 6.07) is 3.81. The molecule has 0 bridgehead atoms. The van der Waals surface area contributed by atoms with Crippen LogP contribution in [0.15, 0.2) is 18.2 Å². The van der Waals surface area contributed by atoms with Crippen molar-refractivity contribution in [3.63, 3.8) is 0 Å². The van der Waals surface area contributed by atoms with E-state index in [-0.39, 0.29) is 18.5 Å². The number of hydrogen-bond donors (Lipinski definition) is 2. The Hall–Kier alpha value is -2.05. The molecule has 1 fully saturated rings. The van der Waals surface area contributed by atoms with Gasteiger partial charge in [-0.25, -0.2) is 0 Å². The Balaban J connectivity index is 1.38. The lowest BCUT2D eigenvalue weighted by atomic mass is 9.84. The van der Waals surface area contributed by atoms with Crippen molar-refractivity contribution < 1.29 is 24.1 Å². The number of hydrogen-bond acceptors (Lipinski definition) is 6. The molecule has 2 N–H and O–H groups in total. The molecule has 1 aliphatic carbocycles. The average Bonchev–Trinajstić information content (AvgIpc) is 3.07. The first-order valence-electron chi connectivity index (χ1n) is 8.74. The SMILES string of the molecule is CC(=O)[C@@H]1CCC[C@@H](NCOC/C=C/c2cc(O)c3c(c2)OCO3)C1. The van der Waals surface area contributed by atoms with Crippen LogP contribution in [0.4, 0.5) is 0 Å². The number of carbonyl (C=O) groups excluding carboxylic acids is 1. The van der Waals surface area contributed by atoms with Crippen molar-refractivity contribution in [1.82, 2.24) is 5.32 Å². The molecule has 6 heteroatoms. The Kier molecular flexibility index (Phi) is 5.94. The number of benzene rings is 1. The van der Waals surface area contributed by atoms with E-state index in [2.05, 4.69) is 5.32 Å². The zero-order valence-corrected chi connectivity index (χ0v) is 14.5. The summed E-state index contributed by atoms with van der Waals surface area (Å²) in [5.41, 5.74) is 0.829. The summed E-state index contributed by atoms with van der Waals surface area (Å²) in [6.45, 7) is 2.75. The minimum Gasteiger partial charge on any atom is -0.504 e. The monoisotopic (exact) mass is 347 g/mol. The molecular weight excluding hydrogens is 322 g/mol. The van der Waals surface area contributed by atoms with Crippen LogP contribution in [0, 0.1) is 5.92 Å². The van der Waals surface area contributed by atoms with Gasteiger partial charge in [-0.15, -0.1) is 0 Å². The van der Waals surface area contributed by atoms with Gasteiger partial charge >= 0.3 is 0 Å². The minimum atomic E-state index is 0.0783. The summed E-state index contributed by atoms with van der Waals surface area (Å²) in [7, 11) is 0. The largest absolute Gasteiger partial charge is 0.504 e. The van der Waals surface area contributed by atoms with E-state index in [0.717, 1.165) is 31.2 Å². The van der Waals surface area contributed by atoms with Crippen LogP contribution in [0.5, 0.6) is 17.2 Å². The topological polar surface area (TPSA) is 77.0 Å². The first kappa shape index (κ1) is 17.8. The van der Waals surface area contributed by atoms with E-state index in [1.807, 2.05) is 18.2 Å². The van der Waals surface area contributed by atoms with Crippen LogP contribution in [0.1, 0.15) is 38.2 Å². The van der Waals surface area contributed by atoms with Crippen molar-refractivity contribution in [3.05, 3.63) is 23.8 Å². The molecule has 1 aromatic carbocycles. The number of aromatic hydroxyl groups is 1. The lowest BCUT2D eigenvalue weighted by Crippen LogP contribution is -2.37. The van der Waals surface area contributed by atoms with Crippen molar-refractivity contribution in [2.24, 2.45) is 5.92 Å². The quantitative estimate of drug-likeness (QED) is 0.583. The van der Waals surface area contributed by atoms with E-state index in [1.165, 1.54) is 0 Å². The second-order valence-corrected chi connectivity index (χ2v) is 6.57. The molecule has 6 nitrogen and oxygen atoms in total. The highest BCUT2D eigenvalue weighted by Gasteiger charge is 2.24. The predicted molar refractivity (Wildman–Crippen MR) is 93.6 cm³/mol. The molecule has 2 atom stereocenters. The number of rotatable bonds is 7. The van der Waals surface area contributed by atoms with E-state index in [1.54, 1.807) is 13.0 Å². The Labute approximate surface area is 147 Å². The van der Waals surface area contributed by atoms with Gasteiger partial charge in [0.1, 0.15) is 5.78 Å². The van der Waals surface area contributed by atoms with Crippen LogP contribution in [-0.4, -0.2) is 37.1 Å². The van der Waals surface area contributed by atoms with Crippen LogP contribution in [-0.2, 0) is 9.53 Å². The third-order valence-electron chi connectivity index (χ3n) is 4.72. The molecule has 1 aromatic rings. The highest BCUT2D eigenvalue weighted by atomic mass is 16.7. The Bertz CT molecular complexity index is 643. The van der Waals surface area contributed by atoms with Gasteiger partial charge in [-0.05, 0) is 43.9 Å². The minimum absolute atomic E-state index is 0.0783. The number of phenols is 1. The van der Waals surface area contributed by atoms with Gasteiger partial charge in [-0.1, -0.05) is 18.6 Å². The van der Waals surface area contributed by atoms with Crippen LogP contribution in [0.3, 0.4) is 0 Å². The van der Waals surface area contributed by atoms with E-state index < -0.39 is 0 Å². The summed E-state index contributed by atoms with van der Waals surface area (Å²) in [6.07, 6.45) is 7.87. The molecule has 0 amide bonds. The maximum absolute atomic E-state index is 11.5. The predicted octanol–water partition coefficient (Wildman–Crippen LogP) is 2.85. The molecule has 1 aliphatic heterocycles. The van der Waals surface area contributed by atoms with Crippen molar-refractivity contribution in [3.8, 4) is 17.2 Å². The Morgan fingerprint density at radius 1 is 1.40 bits per heavy atom. The molecule has 0 radical (unpaired) electrons. The summed E-state index contributed by atoms with van der Waals surface area (Å²) in [4.78, 5) is 11.5. The molecule has 0 spiro atoms. The van der Waals surface area contributed by atoms with E-state index >= 15 is 0 Å². The van der Waals surface area contributed by atoms with Crippen molar-refractivity contribution in [1.29, 1.82) is 0 Å². The number of ketones is 1. The number of Topliss-reactive ketones (excluding diaryl/α,β-unsaturated/α-hetero) is 1. The summed E-state index contributed by atoms with van der Waals surface area (Å²) in [5.74, 6) is 1.52. The van der Waals surface area contributed by atoms with Gasteiger partial charge in [0, 0.05) is 12.0 Å². The molecule has 2 aliphatic rings. The van der Waals surface area contributed by atoms with Gasteiger partial charge in [-0.2, -0.15) is 0 Å². The zero-order chi connectivity index (χ0) is 17.6. The highest BCUT2D eigenvalue weighted by molar-refractivity contribution is 5.78. The van der Waals surface area contributed by atoms with Crippen molar-refractivity contribution in [2.75, 3.05) is 20.1 Å². The summed E-state index contributed by atoms with van der Waals surface area (Å²) >= 11 is 0. The average molecular weight is 347 g/mol. The molecule has 0 unspecified atom stereocenters. The second-order valence-electron chi connectivity index (χ2n) is 6.57. The molecule has 0 saturated heterocycles. The number of ether oxygens (including phenoxy) is 3. The van der Waals surface area contributed by atoms with Crippen LogP contribution in [0.25, 0.3) is 6.08 Å². The van der Waals surface area contributed by atoms with Gasteiger partial charge in [0.05, 0.1) is 13.3 Å². The maximum Gasteiger partial charge on any atom is 0.231 e. The normalized spacial score (nSPS) is 22.4. The van der Waals surface area contributed by atoms with Gasteiger partial charge in [-0.3, -0.25) is 10.1 Å². The third-order valence-corrected chi connectivity index (χ3v) is 4.72. The van der Waals surface area contributed by atoms with Gasteiger partial charge < -0.3 is 19.3 Å². The highest BCUT2D eigenvalue weighted by Crippen LogP contribution is 2.41. The fourth-order valence-corrected chi connectivity index (χ4v) is 3.34. The van der Waals surface area contributed by atoms with Gasteiger partial charge in [0.2, 0.25) is 12.5 Å². The fraction of sp³-hybridized carbons (Fsp3) is 0.526. The number of fused-ring (bicyclic) bond motifs is 1. The molecule has 25 heavy (non-hydrogen) atoms. The Morgan fingerprint density at radius 2 is 2.28 bits per heavy atom. The number of carbonyl (C=O) groups is 1. The molecule has 0 aromatic heterocycles. The van der Waals surface area contributed by atoms with Crippen LogP contribution in [0.2, 0.25) is 0 Å². The zero-order valence-electron chi connectivity index (χ0n) is 14.5. The third kappa shape index (κ3) is 4.74. The molecule has 3 rings (SSSR count). The van der Waals surface area contributed by atoms with Gasteiger partial charge in [0.15, 0.2) is 11.5 Å². The maximum atomic E-state index is 11.5. The van der Waals surface area contributed by atoms with Crippen LogP contribution < -0.4 is 14.8 Å². The van der Waals surface area contributed by atoms with E-state index in [4.69, 9.17) is 14.2 Å². The molecule has 1 heterocycles. The first-order valence-corrected chi connectivity index (χ1v) is 8.74. The van der Waals surface area contributed by atoms with Crippen molar-refractivity contribution in [2.45, 2.75) is 38.6 Å². The standard InChI is InChI=1S/C19H25NO5/c1-13(21)15-5-2-6-16(10-15)20-11-23-7-3-4-14-8-17(22)19-18(9-14)24-12-25-19/h3-4,8-9,15-16,20,22H,2,5-7,10-12H2,1H3/b4-3+/t15-,16-/m1/s1. The number of nitrogens with one attached hydrogen (secondary N) is 1. The fourth-order valence-electron chi connectivity index (χ4n) is 3.34. The summed E-state index contributed by atoms with van der Waals surface area (Å²) in [5, 5.41) is 13.2. The summed E-state index contributed by atoms with van der Waals surface area (Å²) < 4.78 is 16.0. The van der Waals surface area contributed by atoms with E-state index in [9.17, 15) is 9.90 Å². The van der Waals surface area contributed by atoms with Crippen LogP contribution >= 0.6 is 0 Å². The first-order chi connectivity index (χ1) is 12.1. The smallest absolute Gasteiger partial charge is 0.231 e. The molecule has 1 saturated carbocycles. The lowest BCUT2D eigenvalue weighted by Gasteiger charge is -2.28. The number of phenolic OH excluding ortho intramolecular Hbond substituents is 1. The molecular formula is C19H25NO5.